The Hall–Kier alpha value is -2.65. The number of thiophene rings is 1. The first kappa shape index (κ1) is 20.6. The van der Waals surface area contributed by atoms with Gasteiger partial charge in [0.05, 0.1) is 10.8 Å². The standard InChI is InChI=1S/C21H23N5O2S2/c1-12(19(28)23-20-17(18(22)27)14-9-6-10-15(14)30-20)29-21-25-24-16(26(21)2)11-13-7-4-3-5-8-13/h3-5,7-8,12H,6,9-11H2,1-2H3,(H2,22,27)(H,23,28)/t12-/m1/s1. The van der Waals surface area contributed by atoms with Crippen molar-refractivity contribution in [1.29, 1.82) is 0 Å². The molecular formula is C21H23N5O2S2. The van der Waals surface area contributed by atoms with Gasteiger partial charge in [0.15, 0.2) is 5.16 Å². The second-order valence-corrected chi connectivity index (χ2v) is 9.71. The van der Waals surface area contributed by atoms with Crippen LogP contribution in [0.25, 0.3) is 0 Å². The molecule has 1 aromatic carbocycles. The van der Waals surface area contributed by atoms with Crippen LogP contribution in [0.15, 0.2) is 35.5 Å². The molecule has 2 heterocycles. The summed E-state index contributed by atoms with van der Waals surface area (Å²) in [5.74, 6) is 0.167. The minimum atomic E-state index is -0.483. The van der Waals surface area contributed by atoms with Crippen molar-refractivity contribution in [2.75, 3.05) is 5.32 Å². The fraction of sp³-hybridized carbons (Fsp3) is 0.333. The molecule has 0 radical (unpaired) electrons. The summed E-state index contributed by atoms with van der Waals surface area (Å²) in [4.78, 5) is 25.9. The largest absolute Gasteiger partial charge is 0.365 e. The lowest BCUT2D eigenvalue weighted by Gasteiger charge is -2.12. The van der Waals surface area contributed by atoms with Crippen LogP contribution in [0, 0.1) is 0 Å². The molecule has 3 N–H and O–H groups in total. The highest BCUT2D eigenvalue weighted by Crippen LogP contribution is 2.39. The molecule has 1 aliphatic rings. The molecule has 2 amide bonds. The molecule has 0 unspecified atom stereocenters. The Morgan fingerprint density at radius 3 is 2.77 bits per heavy atom. The topological polar surface area (TPSA) is 103 Å². The Bertz CT molecular complexity index is 1090. The van der Waals surface area contributed by atoms with E-state index in [1.807, 2.05) is 48.9 Å². The SMILES string of the molecule is C[C@@H](Sc1nnc(Cc2ccccc2)n1C)C(=O)Nc1sc2c(c1C(N)=O)CCC2. The van der Waals surface area contributed by atoms with Crippen molar-refractivity contribution in [3.8, 4) is 0 Å². The van der Waals surface area contributed by atoms with Gasteiger partial charge in [0.1, 0.15) is 10.8 Å². The van der Waals surface area contributed by atoms with Gasteiger partial charge in [0, 0.05) is 18.3 Å². The average Bonchev–Trinajstić information content (AvgIpc) is 3.39. The number of nitrogens with two attached hydrogens (primary N) is 1. The number of amides is 2. The summed E-state index contributed by atoms with van der Waals surface area (Å²) in [6.45, 7) is 1.82. The van der Waals surface area contributed by atoms with Crippen LogP contribution < -0.4 is 11.1 Å². The van der Waals surface area contributed by atoms with Crippen molar-refractivity contribution in [2.45, 2.75) is 43.0 Å². The minimum absolute atomic E-state index is 0.185. The lowest BCUT2D eigenvalue weighted by molar-refractivity contribution is -0.115. The van der Waals surface area contributed by atoms with Crippen LogP contribution in [0.1, 0.15) is 45.5 Å². The van der Waals surface area contributed by atoms with E-state index in [1.54, 1.807) is 0 Å². The lowest BCUT2D eigenvalue weighted by Crippen LogP contribution is -2.24. The number of nitrogens with one attached hydrogen (secondary N) is 1. The first-order valence-electron chi connectivity index (χ1n) is 9.78. The predicted octanol–water partition coefficient (Wildman–Crippen LogP) is 3.17. The molecular weight excluding hydrogens is 418 g/mol. The Balaban J connectivity index is 1.44. The van der Waals surface area contributed by atoms with Gasteiger partial charge in [-0.05, 0) is 37.3 Å². The van der Waals surface area contributed by atoms with Gasteiger partial charge in [-0.3, -0.25) is 9.59 Å². The summed E-state index contributed by atoms with van der Waals surface area (Å²) in [6, 6.07) is 10.1. The molecule has 2 aromatic heterocycles. The lowest BCUT2D eigenvalue weighted by atomic mass is 10.1. The van der Waals surface area contributed by atoms with Crippen molar-refractivity contribution >= 4 is 39.9 Å². The van der Waals surface area contributed by atoms with Crippen molar-refractivity contribution in [3.63, 3.8) is 0 Å². The van der Waals surface area contributed by atoms with Gasteiger partial charge in [0.25, 0.3) is 5.91 Å². The first-order valence-corrected chi connectivity index (χ1v) is 11.5. The molecule has 156 valence electrons. The number of aryl methyl sites for hydroxylation is 1. The molecule has 9 heteroatoms. The second-order valence-electron chi connectivity index (χ2n) is 7.30. The molecule has 0 aliphatic heterocycles. The van der Waals surface area contributed by atoms with Crippen LogP contribution in [0.3, 0.4) is 0 Å². The Morgan fingerprint density at radius 2 is 2.03 bits per heavy atom. The van der Waals surface area contributed by atoms with Gasteiger partial charge < -0.3 is 15.6 Å². The molecule has 0 spiro atoms. The molecule has 1 atom stereocenters. The van der Waals surface area contributed by atoms with E-state index < -0.39 is 11.2 Å². The number of rotatable bonds is 7. The number of anilines is 1. The number of fused-ring (bicyclic) bond motifs is 1. The number of carbonyl (C=O) groups excluding carboxylic acids is 2. The summed E-state index contributed by atoms with van der Waals surface area (Å²) in [6.07, 6.45) is 3.48. The third-order valence-electron chi connectivity index (χ3n) is 5.19. The molecule has 0 fully saturated rings. The normalized spacial score (nSPS) is 13.8. The van der Waals surface area contributed by atoms with Crippen LogP contribution in [0.2, 0.25) is 0 Å². The maximum absolute atomic E-state index is 12.8. The molecule has 0 bridgehead atoms. The summed E-state index contributed by atoms with van der Waals surface area (Å²) >= 11 is 2.80. The van der Waals surface area contributed by atoms with Gasteiger partial charge in [-0.25, -0.2) is 0 Å². The van der Waals surface area contributed by atoms with E-state index in [2.05, 4.69) is 15.5 Å². The third kappa shape index (κ3) is 4.13. The fourth-order valence-electron chi connectivity index (χ4n) is 3.56. The van der Waals surface area contributed by atoms with E-state index in [4.69, 9.17) is 5.73 Å². The molecule has 1 aliphatic carbocycles. The number of benzene rings is 1. The van der Waals surface area contributed by atoms with E-state index in [1.165, 1.54) is 23.1 Å². The van der Waals surface area contributed by atoms with Crippen LogP contribution in [-0.4, -0.2) is 31.8 Å². The minimum Gasteiger partial charge on any atom is -0.365 e. The van der Waals surface area contributed by atoms with Crippen LogP contribution in [-0.2, 0) is 31.1 Å². The fourth-order valence-corrected chi connectivity index (χ4v) is 5.69. The van der Waals surface area contributed by atoms with Gasteiger partial charge in [-0.15, -0.1) is 21.5 Å². The summed E-state index contributed by atoms with van der Waals surface area (Å²) < 4.78 is 1.91. The molecule has 4 rings (SSSR count). The number of hydrogen-bond acceptors (Lipinski definition) is 6. The zero-order valence-corrected chi connectivity index (χ0v) is 18.5. The van der Waals surface area contributed by atoms with E-state index in [9.17, 15) is 9.59 Å². The predicted molar refractivity (Wildman–Crippen MR) is 119 cm³/mol. The highest BCUT2D eigenvalue weighted by atomic mass is 32.2. The molecule has 30 heavy (non-hydrogen) atoms. The van der Waals surface area contributed by atoms with Crippen LogP contribution in [0.5, 0.6) is 0 Å². The number of nitrogens with zero attached hydrogens (tertiary/aromatic N) is 3. The van der Waals surface area contributed by atoms with Gasteiger partial charge in [-0.1, -0.05) is 42.1 Å². The Kier molecular flexibility index (Phi) is 5.92. The quantitative estimate of drug-likeness (QED) is 0.548. The second kappa shape index (κ2) is 8.61. The average molecular weight is 442 g/mol. The van der Waals surface area contributed by atoms with Gasteiger partial charge >= 0.3 is 0 Å². The zero-order valence-electron chi connectivity index (χ0n) is 16.8. The zero-order chi connectivity index (χ0) is 21.3. The van der Waals surface area contributed by atoms with E-state index in [-0.39, 0.29) is 5.91 Å². The van der Waals surface area contributed by atoms with Crippen molar-refractivity contribution in [2.24, 2.45) is 12.8 Å². The molecule has 0 saturated carbocycles. The maximum Gasteiger partial charge on any atom is 0.251 e. The van der Waals surface area contributed by atoms with Crippen molar-refractivity contribution < 1.29 is 9.59 Å². The van der Waals surface area contributed by atoms with Crippen LogP contribution >= 0.6 is 23.1 Å². The monoisotopic (exact) mass is 441 g/mol. The summed E-state index contributed by atoms with van der Waals surface area (Å²) in [5.41, 5.74) is 8.21. The highest BCUT2D eigenvalue weighted by Gasteiger charge is 2.27. The number of aromatic nitrogens is 3. The smallest absolute Gasteiger partial charge is 0.251 e. The van der Waals surface area contributed by atoms with Crippen molar-refractivity contribution in [3.05, 3.63) is 57.7 Å². The first-order chi connectivity index (χ1) is 14.4. The van der Waals surface area contributed by atoms with Crippen molar-refractivity contribution in [1.82, 2.24) is 14.8 Å². The summed E-state index contributed by atoms with van der Waals surface area (Å²) in [7, 11) is 1.90. The number of carbonyl (C=O) groups is 2. The van der Waals surface area contributed by atoms with Gasteiger partial charge in [-0.2, -0.15) is 0 Å². The molecule has 3 aromatic rings. The Labute approximate surface area is 183 Å². The molecule has 7 nitrogen and oxygen atoms in total. The van der Waals surface area contributed by atoms with E-state index >= 15 is 0 Å². The van der Waals surface area contributed by atoms with E-state index in [0.717, 1.165) is 41.1 Å². The van der Waals surface area contributed by atoms with Gasteiger partial charge in [0.2, 0.25) is 5.91 Å². The maximum atomic E-state index is 12.8. The number of primary amides is 1. The third-order valence-corrected chi connectivity index (χ3v) is 7.53. The number of thioether (sulfide) groups is 1. The molecule has 0 saturated heterocycles. The van der Waals surface area contributed by atoms with Crippen LogP contribution in [0.4, 0.5) is 5.00 Å². The highest BCUT2D eigenvalue weighted by molar-refractivity contribution is 8.00. The van der Waals surface area contributed by atoms with E-state index in [0.29, 0.717) is 22.1 Å². The number of hydrogen-bond donors (Lipinski definition) is 2. The summed E-state index contributed by atoms with van der Waals surface area (Å²) in [5, 5.41) is 12.3. The Morgan fingerprint density at radius 1 is 1.27 bits per heavy atom.